The molecule has 0 bridgehead atoms. The van der Waals surface area contributed by atoms with E-state index in [1.165, 1.54) is 0 Å². The second-order valence-electron chi connectivity index (χ2n) is 4.73. The molecule has 1 heterocycles. The summed E-state index contributed by atoms with van der Waals surface area (Å²) in [6.07, 6.45) is 3.90. The molecule has 0 aliphatic carbocycles. The largest absolute Gasteiger partial charge is 0.382 e. The highest BCUT2D eigenvalue weighted by molar-refractivity contribution is 5.02. The fourth-order valence-corrected chi connectivity index (χ4v) is 1.73. The molecule has 1 aromatic rings. The topological polar surface area (TPSA) is 65.1 Å². The molecule has 17 heavy (non-hydrogen) atoms. The van der Waals surface area contributed by atoms with Crippen molar-refractivity contribution < 1.29 is 4.74 Å². The minimum atomic E-state index is 0.195. The number of nitrogens with zero attached hydrogens (tertiary/aromatic N) is 2. The minimum Gasteiger partial charge on any atom is -0.382 e. The van der Waals surface area contributed by atoms with Gasteiger partial charge in [0.15, 0.2) is 0 Å². The van der Waals surface area contributed by atoms with Crippen LogP contribution >= 0.6 is 0 Å². The lowest BCUT2D eigenvalue weighted by Crippen LogP contribution is -2.39. The second-order valence-corrected chi connectivity index (χ2v) is 4.73. The third kappa shape index (κ3) is 4.46. The summed E-state index contributed by atoms with van der Waals surface area (Å²) in [6.45, 7) is 6.27. The minimum absolute atomic E-state index is 0.195. The van der Waals surface area contributed by atoms with Crippen molar-refractivity contribution >= 4 is 0 Å². The molecule has 1 aromatic heterocycles. The Morgan fingerprint density at radius 2 is 2.18 bits per heavy atom. The Bertz CT molecular complexity index is 324. The molecular weight excluding hydrogens is 216 g/mol. The Kier molecular flexibility index (Phi) is 5.61. The third-order valence-electron chi connectivity index (χ3n) is 2.90. The van der Waals surface area contributed by atoms with Gasteiger partial charge in [-0.2, -0.15) is 5.10 Å². The molecule has 5 nitrogen and oxygen atoms in total. The van der Waals surface area contributed by atoms with E-state index in [0.29, 0.717) is 6.04 Å². The summed E-state index contributed by atoms with van der Waals surface area (Å²) in [4.78, 5) is 0. The average molecular weight is 240 g/mol. The van der Waals surface area contributed by atoms with Gasteiger partial charge >= 0.3 is 0 Å². The second kappa shape index (κ2) is 6.74. The maximum atomic E-state index is 5.55. The standard InChI is InChI=1S/C12H24N4O/c1-9(2)16-6-5-11(15-16)8-12(14-13)7-10(3)17-4/h5-6,9-10,12,14H,7-8,13H2,1-4H3. The summed E-state index contributed by atoms with van der Waals surface area (Å²) < 4.78 is 7.20. The number of ether oxygens (including phenoxy) is 1. The van der Waals surface area contributed by atoms with Crippen molar-refractivity contribution in [2.75, 3.05) is 7.11 Å². The fourth-order valence-electron chi connectivity index (χ4n) is 1.73. The van der Waals surface area contributed by atoms with Gasteiger partial charge in [0.05, 0.1) is 11.8 Å². The number of hydrogen-bond donors (Lipinski definition) is 2. The van der Waals surface area contributed by atoms with Crippen molar-refractivity contribution in [3.63, 3.8) is 0 Å². The quantitative estimate of drug-likeness (QED) is 0.556. The van der Waals surface area contributed by atoms with E-state index in [2.05, 4.69) is 24.4 Å². The van der Waals surface area contributed by atoms with Gasteiger partial charge in [-0.15, -0.1) is 0 Å². The van der Waals surface area contributed by atoms with Crippen molar-refractivity contribution in [2.45, 2.75) is 51.8 Å². The average Bonchev–Trinajstić information content (AvgIpc) is 2.76. The Balaban J connectivity index is 2.54. The van der Waals surface area contributed by atoms with Crippen LogP contribution in [0.5, 0.6) is 0 Å². The number of hydrogen-bond acceptors (Lipinski definition) is 4. The maximum absolute atomic E-state index is 5.55. The van der Waals surface area contributed by atoms with Crippen molar-refractivity contribution in [2.24, 2.45) is 5.84 Å². The SMILES string of the molecule is COC(C)CC(Cc1ccn(C(C)C)n1)NN. The molecule has 98 valence electrons. The van der Waals surface area contributed by atoms with Crippen LogP contribution in [0.4, 0.5) is 0 Å². The van der Waals surface area contributed by atoms with Crippen LogP contribution in [0.1, 0.15) is 38.9 Å². The number of hydrazine groups is 1. The molecule has 0 spiro atoms. The van der Waals surface area contributed by atoms with E-state index in [1.807, 2.05) is 23.9 Å². The molecule has 0 aliphatic heterocycles. The monoisotopic (exact) mass is 240 g/mol. The van der Waals surface area contributed by atoms with Gasteiger partial charge in [-0.3, -0.25) is 16.0 Å². The van der Waals surface area contributed by atoms with Gasteiger partial charge in [0.25, 0.3) is 0 Å². The van der Waals surface area contributed by atoms with Gasteiger partial charge in [-0.05, 0) is 33.3 Å². The molecule has 3 N–H and O–H groups in total. The van der Waals surface area contributed by atoms with Gasteiger partial charge in [0.1, 0.15) is 0 Å². The van der Waals surface area contributed by atoms with E-state index in [-0.39, 0.29) is 12.1 Å². The first kappa shape index (κ1) is 14.2. The molecule has 0 aromatic carbocycles. The van der Waals surface area contributed by atoms with Crippen LogP contribution in [0.25, 0.3) is 0 Å². The lowest BCUT2D eigenvalue weighted by Gasteiger charge is -2.18. The Labute approximate surface area is 103 Å². The first-order chi connectivity index (χ1) is 8.06. The summed E-state index contributed by atoms with van der Waals surface area (Å²) in [5.41, 5.74) is 3.89. The number of rotatable bonds is 7. The molecule has 1 rings (SSSR count). The molecule has 0 fully saturated rings. The molecular formula is C12H24N4O. The van der Waals surface area contributed by atoms with Crippen molar-refractivity contribution in [1.29, 1.82) is 0 Å². The van der Waals surface area contributed by atoms with Gasteiger partial charge < -0.3 is 4.74 Å². The highest BCUT2D eigenvalue weighted by atomic mass is 16.5. The number of nitrogens with two attached hydrogens (primary N) is 1. The van der Waals surface area contributed by atoms with Gasteiger partial charge in [0.2, 0.25) is 0 Å². The van der Waals surface area contributed by atoms with Crippen LogP contribution < -0.4 is 11.3 Å². The van der Waals surface area contributed by atoms with Crippen LogP contribution in [0, 0.1) is 0 Å². The number of nitrogens with one attached hydrogen (secondary N) is 1. The zero-order chi connectivity index (χ0) is 12.8. The van der Waals surface area contributed by atoms with E-state index < -0.39 is 0 Å². The zero-order valence-corrected chi connectivity index (χ0v) is 11.2. The van der Waals surface area contributed by atoms with Crippen LogP contribution in [0.2, 0.25) is 0 Å². The van der Waals surface area contributed by atoms with E-state index >= 15 is 0 Å². The van der Waals surface area contributed by atoms with Crippen LogP contribution in [-0.4, -0.2) is 29.0 Å². The van der Waals surface area contributed by atoms with Crippen molar-refractivity contribution in [1.82, 2.24) is 15.2 Å². The normalized spacial score (nSPS) is 15.2. The summed E-state index contributed by atoms with van der Waals surface area (Å²) in [5, 5.41) is 4.51. The highest BCUT2D eigenvalue weighted by Gasteiger charge is 2.14. The Hall–Kier alpha value is -0.910. The first-order valence-electron chi connectivity index (χ1n) is 6.09. The Morgan fingerprint density at radius 3 is 2.65 bits per heavy atom. The first-order valence-corrected chi connectivity index (χ1v) is 6.09. The predicted molar refractivity (Wildman–Crippen MR) is 68.5 cm³/mol. The third-order valence-corrected chi connectivity index (χ3v) is 2.90. The van der Waals surface area contributed by atoms with Crippen LogP contribution in [0.15, 0.2) is 12.3 Å². The molecule has 0 aliphatic rings. The molecule has 0 amide bonds. The van der Waals surface area contributed by atoms with E-state index in [4.69, 9.17) is 10.6 Å². The number of aromatic nitrogens is 2. The maximum Gasteiger partial charge on any atom is 0.0640 e. The highest BCUT2D eigenvalue weighted by Crippen LogP contribution is 2.09. The van der Waals surface area contributed by atoms with Crippen molar-refractivity contribution in [3.05, 3.63) is 18.0 Å². The van der Waals surface area contributed by atoms with E-state index in [9.17, 15) is 0 Å². The summed E-state index contributed by atoms with van der Waals surface area (Å²) in [6, 6.07) is 2.63. The van der Waals surface area contributed by atoms with Gasteiger partial charge in [-0.1, -0.05) is 0 Å². The summed E-state index contributed by atoms with van der Waals surface area (Å²) >= 11 is 0. The van der Waals surface area contributed by atoms with Crippen LogP contribution in [0.3, 0.4) is 0 Å². The van der Waals surface area contributed by atoms with Crippen LogP contribution in [-0.2, 0) is 11.2 Å². The molecule has 0 radical (unpaired) electrons. The molecule has 0 saturated carbocycles. The molecule has 0 saturated heterocycles. The molecule has 5 heteroatoms. The summed E-state index contributed by atoms with van der Waals surface area (Å²) in [7, 11) is 1.71. The van der Waals surface area contributed by atoms with E-state index in [0.717, 1.165) is 18.5 Å². The molecule has 2 unspecified atom stereocenters. The van der Waals surface area contributed by atoms with Gasteiger partial charge in [-0.25, -0.2) is 0 Å². The van der Waals surface area contributed by atoms with Crippen molar-refractivity contribution in [3.8, 4) is 0 Å². The van der Waals surface area contributed by atoms with E-state index in [1.54, 1.807) is 7.11 Å². The summed E-state index contributed by atoms with van der Waals surface area (Å²) in [5.74, 6) is 5.55. The smallest absolute Gasteiger partial charge is 0.0640 e. The van der Waals surface area contributed by atoms with Gasteiger partial charge in [0, 0.05) is 31.8 Å². The Morgan fingerprint density at radius 1 is 1.47 bits per heavy atom. The lowest BCUT2D eigenvalue weighted by molar-refractivity contribution is 0.100. The number of methoxy groups -OCH3 is 1. The predicted octanol–water partition coefficient (Wildman–Crippen LogP) is 1.26. The lowest BCUT2D eigenvalue weighted by atomic mass is 10.1. The molecule has 2 atom stereocenters. The fraction of sp³-hybridized carbons (Fsp3) is 0.750. The zero-order valence-electron chi connectivity index (χ0n) is 11.2.